The van der Waals surface area contributed by atoms with Crippen molar-refractivity contribution in [1.29, 1.82) is 0 Å². The lowest BCUT2D eigenvalue weighted by atomic mass is 10.4. The zero-order valence-corrected chi connectivity index (χ0v) is 17.9. The molecule has 0 amide bonds. The largest absolute Gasteiger partial charge is 0.398 e. The summed E-state index contributed by atoms with van der Waals surface area (Å²) >= 11 is 0. The zero-order valence-electron chi connectivity index (χ0n) is 14.5. The summed E-state index contributed by atoms with van der Waals surface area (Å²) in [5, 5.41) is 17.8. The maximum absolute atomic E-state index is 9.16. The minimum absolute atomic E-state index is 0.0337. The normalized spacial score (nSPS) is 15.3. The average Bonchev–Trinajstić information content (AvgIpc) is 2.28. The number of ether oxygens (including phenoxy) is 1. The van der Waals surface area contributed by atoms with Crippen molar-refractivity contribution in [1.82, 2.24) is 0 Å². The summed E-state index contributed by atoms with van der Waals surface area (Å²) in [6.45, 7) is 13.8. The van der Waals surface area contributed by atoms with E-state index in [0.717, 1.165) is 12.5 Å². The van der Waals surface area contributed by atoms with E-state index in [2.05, 4.69) is 39.3 Å². The first-order chi connectivity index (χ1) is 9.53. The summed E-state index contributed by atoms with van der Waals surface area (Å²) in [5.74, 6) is 0.0337. The molecular formula is C13H34O5Si3. The van der Waals surface area contributed by atoms with Crippen LogP contribution in [0.15, 0.2) is 0 Å². The monoisotopic (exact) mass is 354 g/mol. The van der Waals surface area contributed by atoms with Crippen LogP contribution >= 0.6 is 0 Å². The van der Waals surface area contributed by atoms with Gasteiger partial charge in [0.05, 0.1) is 22.7 Å². The fourth-order valence-electron chi connectivity index (χ4n) is 1.72. The molecule has 0 heterocycles. The van der Waals surface area contributed by atoms with Gasteiger partial charge in [0, 0.05) is 6.61 Å². The molecule has 1 atom stereocenters. The zero-order chi connectivity index (χ0) is 16.5. The van der Waals surface area contributed by atoms with Crippen molar-refractivity contribution in [3.05, 3.63) is 0 Å². The Labute approximate surface area is 134 Å². The third-order valence-electron chi connectivity index (χ3n) is 2.47. The summed E-state index contributed by atoms with van der Waals surface area (Å²) in [6, 6.07) is 1.11. The average molecular weight is 355 g/mol. The van der Waals surface area contributed by atoms with Crippen molar-refractivity contribution in [2.24, 2.45) is 0 Å². The van der Waals surface area contributed by atoms with E-state index in [0.29, 0.717) is 6.61 Å². The Morgan fingerprint density at radius 3 is 1.95 bits per heavy atom. The van der Waals surface area contributed by atoms with Crippen LogP contribution in [0.3, 0.4) is 0 Å². The second-order valence-electron chi connectivity index (χ2n) is 7.30. The Hall–Kier alpha value is 0.451. The third-order valence-corrected chi connectivity index (χ3v) is 6.79. The van der Waals surface area contributed by atoms with E-state index in [4.69, 9.17) is 23.8 Å². The van der Waals surface area contributed by atoms with E-state index in [1.807, 2.05) is 0 Å². The lowest BCUT2D eigenvalue weighted by Gasteiger charge is -2.31. The molecule has 0 fully saturated rings. The quantitative estimate of drug-likeness (QED) is 0.314. The minimum atomic E-state index is -1.58. The van der Waals surface area contributed by atoms with Gasteiger partial charge in [0.25, 0.3) is 0 Å². The van der Waals surface area contributed by atoms with E-state index in [1.165, 1.54) is 0 Å². The summed E-state index contributed by atoms with van der Waals surface area (Å²) in [5.41, 5.74) is 0. The van der Waals surface area contributed by atoms with Crippen LogP contribution in [0.5, 0.6) is 0 Å². The van der Waals surface area contributed by atoms with Gasteiger partial charge in [0.2, 0.25) is 0 Å². The summed E-state index contributed by atoms with van der Waals surface area (Å²) in [7, 11) is -3.60. The molecule has 0 aromatic carbocycles. The minimum Gasteiger partial charge on any atom is -0.398 e. The van der Waals surface area contributed by atoms with Crippen molar-refractivity contribution in [3.8, 4) is 0 Å². The van der Waals surface area contributed by atoms with Gasteiger partial charge in [-0.25, -0.2) is 0 Å². The van der Waals surface area contributed by atoms with Crippen LogP contribution in [0.1, 0.15) is 6.42 Å². The summed E-state index contributed by atoms with van der Waals surface area (Å²) < 4.78 is 17.7. The van der Waals surface area contributed by atoms with Crippen LogP contribution in [0.4, 0.5) is 0 Å². The molecule has 0 saturated heterocycles. The molecule has 5 nitrogen and oxygen atoms in total. The molecule has 0 aliphatic rings. The van der Waals surface area contributed by atoms with Crippen molar-refractivity contribution in [2.75, 3.05) is 19.8 Å². The van der Waals surface area contributed by atoms with Crippen LogP contribution < -0.4 is 0 Å². The van der Waals surface area contributed by atoms with Gasteiger partial charge in [0.15, 0.2) is 16.6 Å². The number of hydrogen-bond donors (Lipinski definition) is 2. The van der Waals surface area contributed by atoms with E-state index in [9.17, 15) is 0 Å². The van der Waals surface area contributed by atoms with Crippen LogP contribution in [-0.2, 0) is 13.6 Å². The second kappa shape index (κ2) is 10.3. The lowest BCUT2D eigenvalue weighted by molar-refractivity contribution is 0.00631. The number of aliphatic hydroxyl groups excluding tert-OH is 2. The van der Waals surface area contributed by atoms with E-state index in [1.54, 1.807) is 0 Å². The molecule has 0 spiro atoms. The molecule has 128 valence electrons. The Balaban J connectivity index is 3.96. The number of hydrogen-bond acceptors (Lipinski definition) is 5. The predicted molar refractivity (Wildman–Crippen MR) is 94.5 cm³/mol. The Morgan fingerprint density at radius 1 is 1.00 bits per heavy atom. The smallest absolute Gasteiger partial charge is 0.186 e. The van der Waals surface area contributed by atoms with Crippen LogP contribution in [0.25, 0.3) is 0 Å². The molecule has 1 unspecified atom stereocenters. The fourth-order valence-corrected chi connectivity index (χ4v) is 8.26. The molecule has 2 N–H and O–H groups in total. The van der Waals surface area contributed by atoms with Crippen LogP contribution in [-0.4, -0.2) is 68.2 Å². The molecule has 8 heteroatoms. The lowest BCUT2D eigenvalue weighted by Crippen LogP contribution is -2.43. The Morgan fingerprint density at radius 2 is 1.52 bits per heavy atom. The molecule has 0 rings (SSSR count). The highest BCUT2D eigenvalue weighted by Crippen LogP contribution is 2.14. The molecule has 0 aliphatic carbocycles. The Kier molecular flexibility index (Phi) is 10.5. The van der Waals surface area contributed by atoms with Crippen LogP contribution in [0, 0.1) is 0 Å². The van der Waals surface area contributed by atoms with Crippen molar-refractivity contribution >= 4 is 26.2 Å². The van der Waals surface area contributed by atoms with E-state index < -0.39 is 32.3 Å². The molecule has 0 bridgehead atoms. The van der Waals surface area contributed by atoms with Gasteiger partial charge in [-0.15, -0.1) is 0 Å². The topological polar surface area (TPSA) is 68.2 Å². The predicted octanol–water partition coefficient (Wildman–Crippen LogP) is 1.32. The van der Waals surface area contributed by atoms with Gasteiger partial charge < -0.3 is 23.8 Å². The third kappa shape index (κ3) is 15.1. The number of aliphatic hydroxyl groups is 2. The molecule has 21 heavy (non-hydrogen) atoms. The highest BCUT2D eigenvalue weighted by atomic mass is 28.4. The van der Waals surface area contributed by atoms with Gasteiger partial charge in [-0.2, -0.15) is 0 Å². The first-order valence-corrected chi connectivity index (χ1v) is 16.4. The first kappa shape index (κ1) is 21.5. The van der Waals surface area contributed by atoms with Gasteiger partial charge in [-0.3, -0.25) is 0 Å². The van der Waals surface area contributed by atoms with E-state index in [-0.39, 0.29) is 19.1 Å². The van der Waals surface area contributed by atoms with Crippen LogP contribution in [0.2, 0.25) is 45.3 Å². The van der Waals surface area contributed by atoms with Crippen molar-refractivity contribution < 1.29 is 23.8 Å². The van der Waals surface area contributed by atoms with E-state index >= 15 is 0 Å². The summed E-state index contributed by atoms with van der Waals surface area (Å²) in [6.07, 6.45) is 0.200. The molecular weight excluding hydrogens is 320 g/mol. The fraction of sp³-hybridized carbons (Fsp3) is 1.00. The maximum Gasteiger partial charge on any atom is 0.186 e. The van der Waals surface area contributed by atoms with Crippen molar-refractivity contribution in [3.63, 3.8) is 0 Å². The standard InChI is InChI=1S/C13H34O5Si3/c1-20(2,3)17-13(18-21(4,5)6)19-9-7-8-16-11-12(15)10-14/h12-15H,7-11,19H2,1-6H3. The van der Waals surface area contributed by atoms with Gasteiger partial charge in [-0.05, 0) is 45.7 Å². The maximum atomic E-state index is 9.16. The number of rotatable bonds is 12. The molecule has 0 aromatic rings. The van der Waals surface area contributed by atoms with Gasteiger partial charge >= 0.3 is 0 Å². The highest BCUT2D eigenvalue weighted by Gasteiger charge is 2.26. The second-order valence-corrected chi connectivity index (χ2v) is 18.2. The van der Waals surface area contributed by atoms with Gasteiger partial charge in [-0.1, -0.05) is 6.04 Å². The summed E-state index contributed by atoms with van der Waals surface area (Å²) in [4.78, 5) is 0. The van der Waals surface area contributed by atoms with Gasteiger partial charge in [0.1, 0.15) is 12.0 Å². The molecule has 0 radical (unpaired) electrons. The van der Waals surface area contributed by atoms with Crippen molar-refractivity contribution in [2.45, 2.75) is 63.8 Å². The highest BCUT2D eigenvalue weighted by molar-refractivity contribution is 6.71. The SMILES string of the molecule is C[Si](C)(C)OC(O[Si](C)(C)C)[SiH2]CCCOCC(O)CO. The molecule has 0 aromatic heterocycles. The Bertz CT molecular complexity index is 250. The molecule has 0 saturated carbocycles. The first-order valence-electron chi connectivity index (χ1n) is 7.76. The molecule has 0 aliphatic heterocycles.